The lowest BCUT2D eigenvalue weighted by Gasteiger charge is -2.17. The summed E-state index contributed by atoms with van der Waals surface area (Å²) < 4.78 is 10.9. The van der Waals surface area contributed by atoms with E-state index in [1.807, 2.05) is 29.1 Å². The van der Waals surface area contributed by atoms with Crippen LogP contribution in [0.5, 0.6) is 0 Å². The van der Waals surface area contributed by atoms with E-state index in [0.717, 1.165) is 56.2 Å². The summed E-state index contributed by atoms with van der Waals surface area (Å²) in [4.78, 5) is 51.3. The fourth-order valence-electron chi connectivity index (χ4n) is 4.88. The Morgan fingerprint density at radius 2 is 1.84 bits per heavy atom. The fraction of sp³-hybridized carbons (Fsp3) is 0.400. The first-order chi connectivity index (χ1) is 20.8. The van der Waals surface area contributed by atoms with E-state index in [2.05, 4.69) is 54.3 Å². The number of nitrogens with one attached hydrogen (secondary N) is 2. The van der Waals surface area contributed by atoms with Gasteiger partial charge >= 0.3 is 7.82 Å². The molecule has 44 heavy (non-hydrogen) atoms. The maximum absolute atomic E-state index is 12.9. The van der Waals surface area contributed by atoms with Crippen molar-refractivity contribution in [3.05, 3.63) is 87.4 Å². The Bertz CT molecular complexity index is 1600. The van der Waals surface area contributed by atoms with E-state index in [1.165, 1.54) is 29.0 Å². The van der Waals surface area contributed by atoms with Crippen molar-refractivity contribution in [3.8, 4) is 0 Å². The van der Waals surface area contributed by atoms with E-state index in [1.54, 1.807) is 12.1 Å². The molecule has 0 aliphatic heterocycles. The second kappa shape index (κ2) is 15.7. The smallest absolute Gasteiger partial charge is 0.358 e. The van der Waals surface area contributed by atoms with Gasteiger partial charge in [-0.1, -0.05) is 32.9 Å². The Kier molecular flexibility index (Phi) is 12.4. The number of nitro benzene ring substituents is 1. The molecule has 0 fully saturated rings. The number of hydrogen-bond donors (Lipinski definition) is 5. The molecule has 1 amide bonds. The first-order valence-corrected chi connectivity index (χ1v) is 16.0. The third kappa shape index (κ3) is 10.1. The predicted molar refractivity (Wildman–Crippen MR) is 170 cm³/mol. The number of aromatic amines is 1. The van der Waals surface area contributed by atoms with Gasteiger partial charge in [-0.3, -0.25) is 19.6 Å². The molecule has 4 aromatic rings. The van der Waals surface area contributed by atoms with Crippen LogP contribution in [0.2, 0.25) is 0 Å². The van der Waals surface area contributed by atoms with Gasteiger partial charge in [0, 0.05) is 54.2 Å². The number of carbonyl (C=O) groups is 1. The third-order valence-electron chi connectivity index (χ3n) is 7.31. The second-order valence-corrected chi connectivity index (χ2v) is 11.8. The molecule has 1 atom stereocenters. The fourth-order valence-corrected chi connectivity index (χ4v) is 4.88. The molecule has 0 saturated heterocycles. The van der Waals surface area contributed by atoms with E-state index in [0.29, 0.717) is 11.6 Å². The number of nitro groups is 1. The maximum atomic E-state index is 12.9. The Balaban J connectivity index is 0.000000978. The number of likely N-dealkylation sites (N-methyl/N-ethyl adjacent to an activating group) is 1. The van der Waals surface area contributed by atoms with Crippen LogP contribution in [0.15, 0.2) is 54.9 Å². The van der Waals surface area contributed by atoms with E-state index in [9.17, 15) is 14.9 Å². The van der Waals surface area contributed by atoms with Crippen molar-refractivity contribution in [3.63, 3.8) is 0 Å². The molecule has 0 bridgehead atoms. The van der Waals surface area contributed by atoms with Gasteiger partial charge in [0.25, 0.3) is 11.6 Å². The minimum atomic E-state index is -4.64. The Hall–Kier alpha value is -3.87. The van der Waals surface area contributed by atoms with Gasteiger partial charge in [0.15, 0.2) is 0 Å². The number of benzene rings is 2. The number of rotatable bonds is 13. The highest BCUT2D eigenvalue weighted by molar-refractivity contribution is 7.45. The lowest BCUT2D eigenvalue weighted by Crippen LogP contribution is -2.24. The van der Waals surface area contributed by atoms with Crippen LogP contribution in [-0.2, 0) is 24.0 Å². The minimum absolute atomic E-state index is 0.0408. The molecule has 5 N–H and O–H groups in total. The lowest BCUT2D eigenvalue weighted by atomic mass is 9.97. The quantitative estimate of drug-likeness (QED) is 0.0750. The van der Waals surface area contributed by atoms with E-state index in [-0.39, 0.29) is 11.3 Å². The summed E-state index contributed by atoms with van der Waals surface area (Å²) in [7, 11) is -2.49. The van der Waals surface area contributed by atoms with Gasteiger partial charge in [0.1, 0.15) is 5.56 Å². The van der Waals surface area contributed by atoms with Crippen LogP contribution in [0, 0.1) is 10.1 Å². The molecule has 0 saturated carbocycles. The molecule has 2 heterocycles. The first-order valence-electron chi connectivity index (χ1n) is 14.5. The predicted octanol–water partition coefficient (Wildman–Crippen LogP) is 5.24. The van der Waals surface area contributed by atoms with Gasteiger partial charge in [-0.15, -0.1) is 0 Å². The summed E-state index contributed by atoms with van der Waals surface area (Å²) in [5.41, 5.74) is 5.20. The number of nitrogens with zero attached hydrogens (tertiary/aromatic N) is 4. The normalized spacial score (nSPS) is 12.2. The zero-order valence-corrected chi connectivity index (χ0v) is 26.3. The topological polar surface area (TPSA) is 187 Å². The number of para-hydroxylation sites is 1. The number of H-pyrrole nitrogens is 1. The van der Waals surface area contributed by atoms with E-state index < -0.39 is 18.7 Å². The molecular weight excluding hydrogens is 587 g/mol. The third-order valence-corrected chi connectivity index (χ3v) is 7.31. The van der Waals surface area contributed by atoms with Crippen molar-refractivity contribution in [2.45, 2.75) is 58.9 Å². The van der Waals surface area contributed by atoms with Crippen molar-refractivity contribution >= 4 is 36.0 Å². The van der Waals surface area contributed by atoms with Crippen LogP contribution in [0.4, 0.5) is 11.4 Å². The zero-order chi connectivity index (χ0) is 32.4. The standard InChI is InChI=1S/C30H38N6O3.H3O4P/c1-5-15-35-20-22(19-31-35)13-16-34(4)17-14-24-26-18-23(11-12-27(26)33-29(24)21(3)6-2)32-30(37)25-9-7-8-10-28(25)36(38)39;1-5(2,3)4/h7-12,18-21,33H,5-6,13-17H2,1-4H3,(H,32,37);(H3,1,2,3,4). The number of hydrogen-bond acceptors (Lipinski definition) is 6. The first kappa shape index (κ1) is 34.6. The molecule has 0 aliphatic rings. The number of amides is 1. The number of phosphoric acid groups is 1. The van der Waals surface area contributed by atoms with Gasteiger partial charge in [-0.25, -0.2) is 4.57 Å². The molecular formula is C30H41N6O7P. The summed E-state index contributed by atoms with van der Waals surface area (Å²) in [5.74, 6) is -0.130. The van der Waals surface area contributed by atoms with Crippen molar-refractivity contribution < 1.29 is 29.0 Å². The maximum Gasteiger partial charge on any atom is 0.466 e. The molecule has 13 nitrogen and oxygen atoms in total. The largest absolute Gasteiger partial charge is 0.466 e. The van der Waals surface area contributed by atoms with Gasteiger partial charge in [-0.05, 0) is 74.0 Å². The number of fused-ring (bicyclic) bond motifs is 1. The highest BCUT2D eigenvalue weighted by Crippen LogP contribution is 2.32. The summed E-state index contributed by atoms with van der Waals surface area (Å²) in [5, 5.41) is 19.8. The lowest BCUT2D eigenvalue weighted by molar-refractivity contribution is -0.385. The monoisotopic (exact) mass is 628 g/mol. The molecule has 0 aliphatic carbocycles. The SMILES string of the molecule is CCCn1cc(CCN(C)CCc2c(C(C)CC)[nH]c3ccc(NC(=O)c4ccccc4[N+](=O)[O-])cc23)cn1.O=P(O)(O)O. The molecule has 2 aromatic carbocycles. The van der Waals surface area contributed by atoms with Crippen molar-refractivity contribution in [1.29, 1.82) is 0 Å². The number of carbonyl (C=O) groups excluding carboxylic acids is 1. The van der Waals surface area contributed by atoms with Crippen LogP contribution in [-0.4, -0.2) is 65.3 Å². The summed E-state index contributed by atoms with van der Waals surface area (Å²) in [6, 6.07) is 11.8. The number of aromatic nitrogens is 3. The van der Waals surface area contributed by atoms with Gasteiger partial charge in [-0.2, -0.15) is 5.10 Å². The Morgan fingerprint density at radius 1 is 1.16 bits per heavy atom. The van der Waals surface area contributed by atoms with Gasteiger partial charge < -0.3 is 29.9 Å². The second-order valence-electron chi connectivity index (χ2n) is 10.7. The molecule has 0 spiro atoms. The molecule has 4 rings (SSSR count). The van der Waals surface area contributed by atoms with Crippen LogP contribution in [0.1, 0.15) is 66.7 Å². The van der Waals surface area contributed by atoms with Crippen molar-refractivity contribution in [1.82, 2.24) is 19.7 Å². The average Bonchev–Trinajstić information content (AvgIpc) is 3.57. The van der Waals surface area contributed by atoms with Crippen LogP contribution in [0.25, 0.3) is 10.9 Å². The van der Waals surface area contributed by atoms with Crippen molar-refractivity contribution in [2.24, 2.45) is 0 Å². The Labute approximate surface area is 256 Å². The van der Waals surface area contributed by atoms with Gasteiger partial charge in [0.2, 0.25) is 0 Å². The van der Waals surface area contributed by atoms with Crippen molar-refractivity contribution in [2.75, 3.05) is 25.5 Å². The summed E-state index contributed by atoms with van der Waals surface area (Å²) in [6.07, 6.45) is 8.00. The molecule has 0 radical (unpaired) electrons. The highest BCUT2D eigenvalue weighted by Gasteiger charge is 2.21. The van der Waals surface area contributed by atoms with Crippen LogP contribution < -0.4 is 5.32 Å². The Morgan fingerprint density at radius 3 is 2.50 bits per heavy atom. The number of anilines is 1. The van der Waals surface area contributed by atoms with E-state index in [4.69, 9.17) is 19.2 Å². The highest BCUT2D eigenvalue weighted by atomic mass is 31.2. The molecule has 238 valence electrons. The average molecular weight is 629 g/mol. The van der Waals surface area contributed by atoms with E-state index >= 15 is 0 Å². The van der Waals surface area contributed by atoms with Gasteiger partial charge in [0.05, 0.1) is 11.1 Å². The van der Waals surface area contributed by atoms with Crippen LogP contribution >= 0.6 is 7.82 Å². The number of aryl methyl sites for hydroxylation is 1. The molecule has 2 aromatic heterocycles. The zero-order valence-electron chi connectivity index (χ0n) is 25.4. The molecule has 14 heteroatoms. The summed E-state index contributed by atoms with van der Waals surface area (Å²) >= 11 is 0. The minimum Gasteiger partial charge on any atom is -0.358 e. The summed E-state index contributed by atoms with van der Waals surface area (Å²) in [6.45, 7) is 9.34. The molecule has 1 unspecified atom stereocenters. The van der Waals surface area contributed by atoms with Crippen LogP contribution in [0.3, 0.4) is 0 Å².